The van der Waals surface area contributed by atoms with Crippen LogP contribution in [0.1, 0.15) is 19.8 Å². The van der Waals surface area contributed by atoms with Crippen molar-refractivity contribution in [1.82, 2.24) is 4.72 Å². The molecule has 3 N–H and O–H groups in total. The number of unbranched alkanes of at least 4 members (excludes halogenated alkanes) is 1. The maximum Gasteiger partial charge on any atom is 0.294 e. The van der Waals surface area contributed by atoms with Crippen LogP contribution in [0.4, 0.5) is 0 Å². The van der Waals surface area contributed by atoms with Gasteiger partial charge in [-0.15, -0.1) is 0 Å². The van der Waals surface area contributed by atoms with E-state index >= 15 is 0 Å². The van der Waals surface area contributed by atoms with Crippen LogP contribution in [0.2, 0.25) is 0 Å². The summed E-state index contributed by atoms with van der Waals surface area (Å²) in [5.74, 6) is -0.536. The molecule has 2 rings (SSSR count). The van der Waals surface area contributed by atoms with Gasteiger partial charge in [-0.25, -0.2) is 13.1 Å². The van der Waals surface area contributed by atoms with Crippen LogP contribution in [-0.2, 0) is 20.1 Å². The van der Waals surface area contributed by atoms with Crippen molar-refractivity contribution in [3.63, 3.8) is 0 Å². The van der Waals surface area contributed by atoms with Gasteiger partial charge in [0.1, 0.15) is 5.75 Å². The quantitative estimate of drug-likeness (QED) is 0.535. The molecule has 9 heteroatoms. The SMILES string of the molecule is CCCCNS(=O)(=O)c1cccc2cc(S(=O)(=O)O)cc(O)c12. The summed E-state index contributed by atoms with van der Waals surface area (Å²) in [5, 5.41) is 10.3. The predicted molar refractivity (Wildman–Crippen MR) is 85.5 cm³/mol. The number of fused-ring (bicyclic) bond motifs is 1. The number of hydrogen-bond acceptors (Lipinski definition) is 5. The van der Waals surface area contributed by atoms with Crippen molar-refractivity contribution in [3.8, 4) is 5.75 Å². The zero-order valence-electron chi connectivity index (χ0n) is 12.4. The lowest BCUT2D eigenvalue weighted by molar-refractivity contribution is 0.470. The Morgan fingerprint density at radius 1 is 1.13 bits per heavy atom. The van der Waals surface area contributed by atoms with E-state index in [1.54, 1.807) is 0 Å². The molecular weight excluding hydrogens is 342 g/mol. The van der Waals surface area contributed by atoms with Gasteiger partial charge >= 0.3 is 0 Å². The van der Waals surface area contributed by atoms with E-state index in [2.05, 4.69) is 4.72 Å². The molecule has 23 heavy (non-hydrogen) atoms. The number of sulfonamides is 1. The molecule has 0 aliphatic carbocycles. The molecule has 0 bridgehead atoms. The van der Waals surface area contributed by atoms with E-state index in [-0.39, 0.29) is 22.2 Å². The van der Waals surface area contributed by atoms with E-state index in [0.29, 0.717) is 6.42 Å². The first-order valence-corrected chi connectivity index (χ1v) is 9.82. The van der Waals surface area contributed by atoms with Crippen LogP contribution in [0.5, 0.6) is 5.75 Å². The van der Waals surface area contributed by atoms with Gasteiger partial charge in [-0.3, -0.25) is 4.55 Å². The first kappa shape index (κ1) is 17.7. The summed E-state index contributed by atoms with van der Waals surface area (Å²) in [7, 11) is -8.36. The fourth-order valence-electron chi connectivity index (χ4n) is 2.18. The predicted octanol–water partition coefficient (Wildman–Crippen LogP) is 1.87. The van der Waals surface area contributed by atoms with Gasteiger partial charge in [0.05, 0.1) is 9.79 Å². The molecule has 0 fully saturated rings. The fourth-order valence-corrected chi connectivity index (χ4v) is 4.03. The highest BCUT2D eigenvalue weighted by Gasteiger charge is 2.21. The fraction of sp³-hybridized carbons (Fsp3) is 0.286. The highest BCUT2D eigenvalue weighted by molar-refractivity contribution is 7.89. The van der Waals surface area contributed by atoms with Crippen LogP contribution in [0, 0.1) is 0 Å². The lowest BCUT2D eigenvalue weighted by atomic mass is 10.1. The van der Waals surface area contributed by atoms with Crippen molar-refractivity contribution in [3.05, 3.63) is 30.3 Å². The summed E-state index contributed by atoms with van der Waals surface area (Å²) in [5.41, 5.74) is 0. The molecule has 2 aromatic carbocycles. The van der Waals surface area contributed by atoms with Crippen molar-refractivity contribution < 1.29 is 26.5 Å². The van der Waals surface area contributed by atoms with E-state index in [4.69, 9.17) is 4.55 Å². The van der Waals surface area contributed by atoms with Crippen molar-refractivity contribution >= 4 is 30.9 Å². The summed E-state index contributed by atoms with van der Waals surface area (Å²) in [4.78, 5) is -0.651. The molecule has 0 aliphatic heterocycles. The topological polar surface area (TPSA) is 121 Å². The van der Waals surface area contributed by atoms with Crippen LogP contribution in [0.15, 0.2) is 40.1 Å². The molecule has 0 atom stereocenters. The van der Waals surface area contributed by atoms with Gasteiger partial charge in [0.25, 0.3) is 10.1 Å². The number of aromatic hydroxyl groups is 1. The third-order valence-corrected chi connectivity index (χ3v) is 5.64. The zero-order chi connectivity index (χ0) is 17.3. The Kier molecular flexibility index (Phi) is 4.95. The number of hydrogen-bond donors (Lipinski definition) is 3. The largest absolute Gasteiger partial charge is 0.507 e. The smallest absolute Gasteiger partial charge is 0.294 e. The van der Waals surface area contributed by atoms with Gasteiger partial charge in [0.15, 0.2) is 0 Å². The maximum atomic E-state index is 12.4. The van der Waals surface area contributed by atoms with Gasteiger partial charge in [-0.2, -0.15) is 8.42 Å². The molecule has 7 nitrogen and oxygen atoms in total. The molecule has 0 unspecified atom stereocenters. The van der Waals surface area contributed by atoms with Gasteiger partial charge in [0.2, 0.25) is 10.0 Å². The molecule has 0 radical (unpaired) electrons. The first-order valence-electron chi connectivity index (χ1n) is 6.89. The standard InChI is InChI=1S/C14H17NO6S2/c1-2-3-7-15-22(17,18)13-6-4-5-10-8-11(23(19,20)21)9-12(16)14(10)13/h4-6,8-9,15-16H,2-3,7H2,1H3,(H,19,20,21). The molecule has 0 saturated carbocycles. The number of phenolic OH excluding ortho intramolecular Hbond substituents is 1. The van der Waals surface area contributed by atoms with Crippen LogP contribution < -0.4 is 4.72 Å². The second kappa shape index (κ2) is 6.44. The number of rotatable bonds is 6. The maximum absolute atomic E-state index is 12.4. The molecule has 2 aromatic rings. The highest BCUT2D eigenvalue weighted by Crippen LogP contribution is 2.33. The molecule has 0 heterocycles. The Morgan fingerprint density at radius 2 is 1.83 bits per heavy atom. The monoisotopic (exact) mass is 359 g/mol. The van der Waals surface area contributed by atoms with E-state index < -0.39 is 30.8 Å². The normalized spacial score (nSPS) is 12.6. The molecule has 0 amide bonds. The van der Waals surface area contributed by atoms with Gasteiger partial charge < -0.3 is 5.11 Å². The Bertz CT molecular complexity index is 935. The number of nitrogens with one attached hydrogen (secondary N) is 1. The Labute approximate surface area is 134 Å². The third kappa shape index (κ3) is 3.81. The molecule has 126 valence electrons. The minimum Gasteiger partial charge on any atom is -0.507 e. The average molecular weight is 359 g/mol. The molecule has 0 saturated heterocycles. The van der Waals surface area contributed by atoms with E-state index in [9.17, 15) is 21.9 Å². The number of phenols is 1. The minimum absolute atomic E-state index is 0.00361. The molecular formula is C14H17NO6S2. The molecule has 0 aliphatic rings. The van der Waals surface area contributed by atoms with Crippen molar-refractivity contribution in [2.75, 3.05) is 6.54 Å². The van der Waals surface area contributed by atoms with Crippen LogP contribution >= 0.6 is 0 Å². The van der Waals surface area contributed by atoms with E-state index in [0.717, 1.165) is 18.6 Å². The van der Waals surface area contributed by atoms with Gasteiger partial charge in [-0.05, 0) is 23.9 Å². The second-order valence-corrected chi connectivity index (χ2v) is 8.18. The summed E-state index contributed by atoms with van der Waals surface area (Å²) in [6.07, 6.45) is 1.49. The van der Waals surface area contributed by atoms with E-state index in [1.807, 2.05) is 6.92 Å². The third-order valence-electron chi connectivity index (χ3n) is 3.30. The minimum atomic E-state index is -4.51. The summed E-state index contributed by atoms with van der Waals surface area (Å²) >= 11 is 0. The summed E-state index contributed by atoms with van der Waals surface area (Å²) in [6, 6.07) is 6.14. The Morgan fingerprint density at radius 3 is 2.43 bits per heavy atom. The zero-order valence-corrected chi connectivity index (χ0v) is 14.0. The summed E-state index contributed by atoms with van der Waals surface area (Å²) < 4.78 is 58.6. The van der Waals surface area contributed by atoms with Gasteiger partial charge in [0, 0.05) is 18.0 Å². The van der Waals surface area contributed by atoms with Crippen molar-refractivity contribution in [2.45, 2.75) is 29.6 Å². The van der Waals surface area contributed by atoms with E-state index in [1.165, 1.54) is 18.2 Å². The summed E-state index contributed by atoms with van der Waals surface area (Å²) in [6.45, 7) is 2.19. The lowest BCUT2D eigenvalue weighted by Crippen LogP contribution is -2.24. The Balaban J connectivity index is 2.64. The molecule has 0 spiro atoms. The molecule has 0 aromatic heterocycles. The van der Waals surface area contributed by atoms with Crippen molar-refractivity contribution in [1.29, 1.82) is 0 Å². The van der Waals surface area contributed by atoms with Crippen molar-refractivity contribution in [2.24, 2.45) is 0 Å². The Hall–Kier alpha value is -1.68. The van der Waals surface area contributed by atoms with Crippen LogP contribution in [0.3, 0.4) is 0 Å². The second-order valence-electron chi connectivity index (χ2n) is 5.02. The number of benzene rings is 2. The average Bonchev–Trinajstić information content (AvgIpc) is 2.45. The lowest BCUT2D eigenvalue weighted by Gasteiger charge is -2.11. The van der Waals surface area contributed by atoms with Crippen LogP contribution in [-0.4, -0.2) is 33.0 Å². The van der Waals surface area contributed by atoms with Crippen LogP contribution in [0.25, 0.3) is 10.8 Å². The first-order chi connectivity index (χ1) is 10.7. The van der Waals surface area contributed by atoms with Gasteiger partial charge in [-0.1, -0.05) is 25.5 Å². The highest BCUT2D eigenvalue weighted by atomic mass is 32.2.